The highest BCUT2D eigenvalue weighted by molar-refractivity contribution is 5.93. The number of aromatic nitrogens is 3. The van der Waals surface area contributed by atoms with E-state index < -0.39 is 5.91 Å². The summed E-state index contributed by atoms with van der Waals surface area (Å²) in [6.45, 7) is 5.53. The molecule has 2 aromatic heterocycles. The highest BCUT2D eigenvalue weighted by Gasteiger charge is 2.19. The highest BCUT2D eigenvalue weighted by Crippen LogP contribution is 2.13. The molecule has 1 amide bonds. The van der Waals surface area contributed by atoms with Crippen molar-refractivity contribution in [2.45, 2.75) is 40.3 Å². The fourth-order valence-corrected chi connectivity index (χ4v) is 1.81. The van der Waals surface area contributed by atoms with Gasteiger partial charge in [-0.3, -0.25) is 4.79 Å². The molecule has 0 unspecified atom stereocenters. The summed E-state index contributed by atoms with van der Waals surface area (Å²) >= 11 is 0. The molecule has 21 heavy (non-hydrogen) atoms. The van der Waals surface area contributed by atoms with Crippen LogP contribution >= 0.6 is 0 Å². The Hall–Kier alpha value is -2.22. The first-order valence-corrected chi connectivity index (χ1v) is 6.67. The number of rotatable bonds is 6. The molecular weight excluding hydrogens is 276 g/mol. The molecule has 0 spiro atoms. The van der Waals surface area contributed by atoms with Crippen molar-refractivity contribution in [3.63, 3.8) is 0 Å². The lowest BCUT2D eigenvalue weighted by Gasteiger charge is -2.00. The summed E-state index contributed by atoms with van der Waals surface area (Å²) in [5, 5.41) is 19.3. The second-order valence-electron chi connectivity index (χ2n) is 5.11. The second kappa shape index (κ2) is 6.49. The number of hydrogen-bond donors (Lipinski definition) is 2. The molecule has 2 rings (SSSR count). The Morgan fingerprint density at radius 3 is 2.76 bits per heavy atom. The number of hydrogen-bond acceptors (Lipinski definition) is 7. The van der Waals surface area contributed by atoms with Gasteiger partial charge >= 0.3 is 0 Å². The molecule has 0 atom stereocenters. The van der Waals surface area contributed by atoms with E-state index in [1.54, 1.807) is 6.92 Å². The molecule has 0 radical (unpaired) electrons. The van der Waals surface area contributed by atoms with Crippen molar-refractivity contribution < 1.29 is 18.9 Å². The molecule has 0 aliphatic rings. The topological polar surface area (TPSA) is 114 Å². The smallest absolute Gasteiger partial charge is 0.274 e. The minimum atomic E-state index is -0.459. The number of aliphatic hydroxyl groups is 1. The Morgan fingerprint density at radius 1 is 1.33 bits per heavy atom. The van der Waals surface area contributed by atoms with Crippen LogP contribution in [0.1, 0.15) is 47.4 Å². The van der Waals surface area contributed by atoms with Crippen LogP contribution in [0.5, 0.6) is 0 Å². The Morgan fingerprint density at radius 2 is 2.10 bits per heavy atom. The van der Waals surface area contributed by atoms with E-state index in [4.69, 9.17) is 9.05 Å². The lowest BCUT2D eigenvalue weighted by atomic mass is 10.1. The Kier molecular flexibility index (Phi) is 4.69. The Labute approximate surface area is 121 Å². The summed E-state index contributed by atoms with van der Waals surface area (Å²) in [7, 11) is 0. The summed E-state index contributed by atoms with van der Waals surface area (Å²) < 4.78 is 9.93. The number of nitrogens with one attached hydrogen (secondary N) is 1. The van der Waals surface area contributed by atoms with Gasteiger partial charge in [0.25, 0.3) is 5.91 Å². The van der Waals surface area contributed by atoms with Crippen LogP contribution in [0.25, 0.3) is 0 Å². The fourth-order valence-electron chi connectivity index (χ4n) is 1.81. The van der Waals surface area contributed by atoms with Crippen molar-refractivity contribution in [3.8, 4) is 0 Å². The third-order valence-electron chi connectivity index (χ3n) is 2.86. The van der Waals surface area contributed by atoms with Gasteiger partial charge in [-0.1, -0.05) is 24.2 Å². The van der Waals surface area contributed by atoms with E-state index in [2.05, 4.69) is 34.5 Å². The van der Waals surface area contributed by atoms with Gasteiger partial charge in [-0.25, -0.2) is 0 Å². The van der Waals surface area contributed by atoms with Crippen LogP contribution in [0.15, 0.2) is 9.05 Å². The zero-order chi connectivity index (χ0) is 15.4. The van der Waals surface area contributed by atoms with E-state index in [1.165, 1.54) is 0 Å². The van der Waals surface area contributed by atoms with Crippen LogP contribution in [-0.4, -0.2) is 26.3 Å². The maximum atomic E-state index is 12.0. The zero-order valence-electron chi connectivity index (χ0n) is 12.2. The van der Waals surface area contributed by atoms with E-state index in [0.29, 0.717) is 35.4 Å². The number of carbonyl (C=O) groups is 1. The minimum Gasteiger partial charge on any atom is -0.391 e. The molecular formula is C13H18N4O4. The third kappa shape index (κ3) is 3.66. The Bertz CT molecular complexity index is 617. The van der Waals surface area contributed by atoms with Crippen molar-refractivity contribution in [2.75, 3.05) is 0 Å². The molecule has 2 aromatic rings. The van der Waals surface area contributed by atoms with Crippen LogP contribution in [0.2, 0.25) is 0 Å². The van der Waals surface area contributed by atoms with E-state index >= 15 is 0 Å². The van der Waals surface area contributed by atoms with Crippen LogP contribution in [0, 0.1) is 12.8 Å². The molecule has 8 heteroatoms. The van der Waals surface area contributed by atoms with Gasteiger partial charge in [0.2, 0.25) is 5.89 Å². The minimum absolute atomic E-state index is 0.0666. The molecule has 0 bridgehead atoms. The van der Waals surface area contributed by atoms with E-state index in [9.17, 15) is 9.90 Å². The first-order chi connectivity index (χ1) is 10.0. The first-order valence-electron chi connectivity index (χ1n) is 6.67. The van der Waals surface area contributed by atoms with Gasteiger partial charge in [0.1, 0.15) is 5.76 Å². The number of nitrogens with zero attached hydrogens (tertiary/aromatic N) is 3. The number of aliphatic hydroxyl groups excluding tert-OH is 1. The summed E-state index contributed by atoms with van der Waals surface area (Å²) in [5.74, 6) is 1.32. The molecule has 8 nitrogen and oxygen atoms in total. The lowest BCUT2D eigenvalue weighted by Crippen LogP contribution is -2.24. The number of carbonyl (C=O) groups excluding carboxylic acids is 1. The molecule has 0 aliphatic carbocycles. The van der Waals surface area contributed by atoms with E-state index in [0.717, 1.165) is 0 Å². The van der Waals surface area contributed by atoms with Crippen LogP contribution in [0.4, 0.5) is 0 Å². The lowest BCUT2D eigenvalue weighted by molar-refractivity contribution is 0.0934. The van der Waals surface area contributed by atoms with Gasteiger partial charge in [-0.05, 0) is 12.8 Å². The summed E-state index contributed by atoms with van der Waals surface area (Å²) in [6, 6.07) is 0. The summed E-state index contributed by atoms with van der Waals surface area (Å²) in [4.78, 5) is 16.1. The summed E-state index contributed by atoms with van der Waals surface area (Å²) in [5.41, 5.74) is 0.440. The first kappa shape index (κ1) is 15.2. The van der Waals surface area contributed by atoms with Gasteiger partial charge in [0.15, 0.2) is 11.5 Å². The fraction of sp³-hybridized carbons (Fsp3) is 0.538. The highest BCUT2D eigenvalue weighted by atomic mass is 16.5. The maximum Gasteiger partial charge on any atom is 0.274 e. The van der Waals surface area contributed by atoms with Crippen LogP contribution in [0.3, 0.4) is 0 Å². The maximum absolute atomic E-state index is 12.0. The SMILES string of the molecule is Cc1onc(C(=O)NCc2nc(CC(C)C)no2)c1CO. The average Bonchev–Trinajstić information content (AvgIpc) is 3.01. The predicted molar refractivity (Wildman–Crippen MR) is 71.2 cm³/mol. The average molecular weight is 294 g/mol. The van der Waals surface area contributed by atoms with Crippen LogP contribution in [-0.2, 0) is 19.6 Å². The van der Waals surface area contributed by atoms with Gasteiger partial charge in [-0.15, -0.1) is 0 Å². The van der Waals surface area contributed by atoms with Crippen molar-refractivity contribution in [3.05, 3.63) is 28.7 Å². The second-order valence-corrected chi connectivity index (χ2v) is 5.11. The molecule has 0 saturated carbocycles. The van der Waals surface area contributed by atoms with Crippen molar-refractivity contribution in [1.82, 2.24) is 20.6 Å². The van der Waals surface area contributed by atoms with Gasteiger partial charge in [-0.2, -0.15) is 4.98 Å². The normalized spacial score (nSPS) is 11.1. The van der Waals surface area contributed by atoms with E-state index in [-0.39, 0.29) is 18.8 Å². The molecule has 2 heterocycles. The zero-order valence-corrected chi connectivity index (χ0v) is 12.2. The quantitative estimate of drug-likeness (QED) is 0.816. The molecule has 0 saturated heterocycles. The van der Waals surface area contributed by atoms with Crippen LogP contribution < -0.4 is 5.32 Å². The number of aryl methyl sites for hydroxylation is 1. The van der Waals surface area contributed by atoms with Gasteiger partial charge in [0.05, 0.1) is 18.7 Å². The van der Waals surface area contributed by atoms with Crippen molar-refractivity contribution in [1.29, 1.82) is 0 Å². The largest absolute Gasteiger partial charge is 0.391 e. The third-order valence-corrected chi connectivity index (χ3v) is 2.86. The molecule has 0 aromatic carbocycles. The molecule has 0 aliphatic heterocycles. The molecule has 2 N–H and O–H groups in total. The number of amides is 1. The standard InChI is InChI=1S/C13H18N4O4/c1-7(2)4-10-15-11(21-16-10)5-14-13(19)12-9(6-18)8(3)20-17-12/h7,18H,4-6H2,1-3H3,(H,14,19). The molecule has 114 valence electrons. The predicted octanol–water partition coefficient (Wildman–Crippen LogP) is 0.987. The van der Waals surface area contributed by atoms with E-state index in [1.807, 2.05) is 0 Å². The summed E-state index contributed by atoms with van der Waals surface area (Å²) in [6.07, 6.45) is 0.717. The van der Waals surface area contributed by atoms with Crippen molar-refractivity contribution >= 4 is 5.91 Å². The monoisotopic (exact) mass is 294 g/mol. The Balaban J connectivity index is 1.96. The molecule has 0 fully saturated rings. The van der Waals surface area contributed by atoms with Gasteiger partial charge < -0.3 is 19.5 Å². The van der Waals surface area contributed by atoms with Gasteiger partial charge in [0, 0.05) is 6.42 Å². The van der Waals surface area contributed by atoms with Crippen molar-refractivity contribution in [2.24, 2.45) is 5.92 Å².